The molecule has 0 fully saturated rings. The quantitative estimate of drug-likeness (QED) is 0.860. The van der Waals surface area contributed by atoms with Gasteiger partial charge in [-0.25, -0.2) is 0 Å². The number of rotatable bonds is 2. The Balaban J connectivity index is 2.16. The maximum atomic E-state index is 5.78. The van der Waals surface area contributed by atoms with Crippen LogP contribution in [0.15, 0.2) is 60.9 Å². The Bertz CT molecular complexity index is 569. The van der Waals surface area contributed by atoms with E-state index in [9.17, 15) is 0 Å². The van der Waals surface area contributed by atoms with Crippen LogP contribution < -0.4 is 11.1 Å². The molecular weight excluding hydrogens is 232 g/mol. The number of nitrogens with two attached hydrogens (primary N) is 1. The van der Waals surface area contributed by atoms with E-state index in [0.717, 1.165) is 12.8 Å². The summed E-state index contributed by atoms with van der Waals surface area (Å²) in [6.07, 6.45) is 2.14. The monoisotopic (exact) mass is 250 g/mol. The Hall–Kier alpha value is -2.22. The summed E-state index contributed by atoms with van der Waals surface area (Å²) in [4.78, 5) is 0. The van der Waals surface area contributed by atoms with Crippen molar-refractivity contribution >= 4 is 0 Å². The second-order valence-electron chi connectivity index (χ2n) is 5.00. The Kier molecular flexibility index (Phi) is 3.00. The zero-order chi connectivity index (χ0) is 13.2. The predicted octanol–water partition coefficient (Wildman–Crippen LogP) is 2.89. The van der Waals surface area contributed by atoms with Crippen LogP contribution in [-0.4, -0.2) is 0 Å². The molecule has 2 heteroatoms. The standard InChI is InChI=1S/C17H18N2/c1-12(18)19-17-15-8-4-2-6-13(15)10-11-14-7-3-5-9-16(14)17/h2-9,17,19H,1,10-11,18H2. The van der Waals surface area contributed by atoms with Gasteiger partial charge < -0.3 is 11.1 Å². The first-order valence-corrected chi connectivity index (χ1v) is 6.62. The molecule has 0 saturated carbocycles. The smallest absolute Gasteiger partial charge is 0.0893 e. The Labute approximate surface area is 114 Å². The van der Waals surface area contributed by atoms with Gasteiger partial charge in [0.05, 0.1) is 11.9 Å². The minimum Gasteiger partial charge on any atom is -0.386 e. The SMILES string of the molecule is C=C(N)NC1c2ccccc2CCc2ccccc21. The lowest BCUT2D eigenvalue weighted by molar-refractivity contribution is 0.684. The minimum absolute atomic E-state index is 0.104. The highest BCUT2D eigenvalue weighted by Crippen LogP contribution is 2.32. The third kappa shape index (κ3) is 2.22. The van der Waals surface area contributed by atoms with Crippen LogP contribution in [0.1, 0.15) is 28.3 Å². The van der Waals surface area contributed by atoms with Crippen molar-refractivity contribution in [2.75, 3.05) is 0 Å². The Morgan fingerprint density at radius 2 is 1.42 bits per heavy atom. The van der Waals surface area contributed by atoms with Crippen molar-refractivity contribution in [1.29, 1.82) is 0 Å². The lowest BCUT2D eigenvalue weighted by Crippen LogP contribution is -2.26. The minimum atomic E-state index is 0.104. The van der Waals surface area contributed by atoms with E-state index in [1.807, 2.05) is 0 Å². The van der Waals surface area contributed by atoms with Gasteiger partial charge in [-0.15, -0.1) is 0 Å². The van der Waals surface area contributed by atoms with Gasteiger partial charge in [0.15, 0.2) is 0 Å². The first-order valence-electron chi connectivity index (χ1n) is 6.62. The van der Waals surface area contributed by atoms with Crippen LogP contribution >= 0.6 is 0 Å². The van der Waals surface area contributed by atoms with E-state index in [0.29, 0.717) is 5.82 Å². The van der Waals surface area contributed by atoms with Gasteiger partial charge in [-0.2, -0.15) is 0 Å². The van der Waals surface area contributed by atoms with Crippen molar-refractivity contribution in [2.45, 2.75) is 18.9 Å². The molecule has 2 nitrogen and oxygen atoms in total. The molecule has 3 N–H and O–H groups in total. The van der Waals surface area contributed by atoms with Gasteiger partial charge in [-0.05, 0) is 35.1 Å². The van der Waals surface area contributed by atoms with E-state index < -0.39 is 0 Å². The van der Waals surface area contributed by atoms with Crippen LogP contribution in [-0.2, 0) is 12.8 Å². The van der Waals surface area contributed by atoms with Gasteiger partial charge in [-0.1, -0.05) is 55.1 Å². The van der Waals surface area contributed by atoms with E-state index in [1.165, 1.54) is 22.3 Å². The van der Waals surface area contributed by atoms with Crippen LogP contribution in [0.3, 0.4) is 0 Å². The average Bonchev–Trinajstić information content (AvgIpc) is 2.57. The second-order valence-corrected chi connectivity index (χ2v) is 5.00. The van der Waals surface area contributed by atoms with Crippen molar-refractivity contribution in [2.24, 2.45) is 5.73 Å². The normalized spacial score (nSPS) is 14.1. The molecular formula is C17H18N2. The number of hydrogen-bond acceptors (Lipinski definition) is 2. The zero-order valence-corrected chi connectivity index (χ0v) is 10.9. The van der Waals surface area contributed by atoms with Gasteiger partial charge in [0.1, 0.15) is 0 Å². The molecule has 0 unspecified atom stereocenters. The molecule has 1 aliphatic rings. The second kappa shape index (κ2) is 4.81. The van der Waals surface area contributed by atoms with Crippen LogP contribution in [0, 0.1) is 0 Å². The van der Waals surface area contributed by atoms with E-state index >= 15 is 0 Å². The Morgan fingerprint density at radius 3 is 1.89 bits per heavy atom. The average molecular weight is 250 g/mol. The predicted molar refractivity (Wildman–Crippen MR) is 78.6 cm³/mol. The third-order valence-electron chi connectivity index (χ3n) is 3.73. The fourth-order valence-electron chi connectivity index (χ4n) is 2.86. The summed E-state index contributed by atoms with van der Waals surface area (Å²) in [5, 5.41) is 3.32. The number of aryl methyl sites for hydroxylation is 2. The first-order chi connectivity index (χ1) is 9.25. The highest BCUT2D eigenvalue weighted by Gasteiger charge is 2.22. The van der Waals surface area contributed by atoms with E-state index in [2.05, 4.69) is 60.4 Å². The van der Waals surface area contributed by atoms with Crippen molar-refractivity contribution < 1.29 is 0 Å². The summed E-state index contributed by atoms with van der Waals surface area (Å²) in [5.74, 6) is 0.511. The number of hydrogen-bond donors (Lipinski definition) is 2. The number of fused-ring (bicyclic) bond motifs is 2. The molecule has 0 saturated heterocycles. The third-order valence-corrected chi connectivity index (χ3v) is 3.73. The largest absolute Gasteiger partial charge is 0.386 e. The summed E-state index contributed by atoms with van der Waals surface area (Å²) in [5.41, 5.74) is 11.2. The van der Waals surface area contributed by atoms with Gasteiger partial charge >= 0.3 is 0 Å². The van der Waals surface area contributed by atoms with Gasteiger partial charge in [-0.3, -0.25) is 0 Å². The van der Waals surface area contributed by atoms with Gasteiger partial charge in [0, 0.05) is 0 Å². The van der Waals surface area contributed by atoms with Crippen molar-refractivity contribution in [1.82, 2.24) is 5.32 Å². The van der Waals surface area contributed by atoms with Crippen molar-refractivity contribution in [3.05, 3.63) is 83.2 Å². The molecule has 2 aromatic rings. The summed E-state index contributed by atoms with van der Waals surface area (Å²) in [6, 6.07) is 17.2. The fraction of sp³-hybridized carbons (Fsp3) is 0.176. The fourth-order valence-corrected chi connectivity index (χ4v) is 2.86. The molecule has 19 heavy (non-hydrogen) atoms. The van der Waals surface area contributed by atoms with Crippen LogP contribution in [0.2, 0.25) is 0 Å². The first kappa shape index (κ1) is 11.8. The van der Waals surface area contributed by atoms with Crippen LogP contribution in [0.4, 0.5) is 0 Å². The summed E-state index contributed by atoms with van der Waals surface area (Å²) >= 11 is 0. The van der Waals surface area contributed by atoms with Crippen LogP contribution in [0.25, 0.3) is 0 Å². The van der Waals surface area contributed by atoms with Crippen molar-refractivity contribution in [3.8, 4) is 0 Å². The molecule has 0 aliphatic heterocycles. The number of benzene rings is 2. The van der Waals surface area contributed by atoms with Gasteiger partial charge in [0.2, 0.25) is 0 Å². The molecule has 0 spiro atoms. The summed E-state index contributed by atoms with van der Waals surface area (Å²) in [7, 11) is 0. The molecule has 0 bridgehead atoms. The van der Waals surface area contributed by atoms with Crippen LogP contribution in [0.5, 0.6) is 0 Å². The lowest BCUT2D eigenvalue weighted by Gasteiger charge is -2.22. The molecule has 1 aliphatic carbocycles. The molecule has 3 rings (SSSR count). The summed E-state index contributed by atoms with van der Waals surface area (Å²) in [6.45, 7) is 3.79. The molecule has 0 radical (unpaired) electrons. The zero-order valence-electron chi connectivity index (χ0n) is 10.9. The maximum absolute atomic E-state index is 5.78. The Morgan fingerprint density at radius 1 is 0.947 bits per heavy atom. The van der Waals surface area contributed by atoms with E-state index in [1.54, 1.807) is 0 Å². The molecule has 0 atom stereocenters. The van der Waals surface area contributed by atoms with E-state index in [4.69, 9.17) is 5.73 Å². The molecule has 0 aromatic heterocycles. The van der Waals surface area contributed by atoms with E-state index in [-0.39, 0.29) is 6.04 Å². The number of nitrogens with one attached hydrogen (secondary N) is 1. The highest BCUT2D eigenvalue weighted by molar-refractivity contribution is 5.44. The highest BCUT2D eigenvalue weighted by atomic mass is 15.0. The van der Waals surface area contributed by atoms with Gasteiger partial charge in [0.25, 0.3) is 0 Å². The lowest BCUT2D eigenvalue weighted by atomic mass is 9.95. The maximum Gasteiger partial charge on any atom is 0.0893 e. The molecule has 96 valence electrons. The van der Waals surface area contributed by atoms with Crippen molar-refractivity contribution in [3.63, 3.8) is 0 Å². The molecule has 0 amide bonds. The summed E-state index contributed by atoms with van der Waals surface area (Å²) < 4.78 is 0. The topological polar surface area (TPSA) is 38.0 Å². The molecule has 0 heterocycles. The molecule has 2 aromatic carbocycles.